The molecule has 126 valence electrons. The van der Waals surface area contributed by atoms with Crippen molar-refractivity contribution < 1.29 is 24.2 Å². The number of carbonyl (C=O) groups excluding carboxylic acids is 2. The van der Waals surface area contributed by atoms with E-state index in [0.717, 1.165) is 0 Å². The van der Waals surface area contributed by atoms with E-state index in [-0.39, 0.29) is 16.9 Å². The lowest BCUT2D eigenvalue weighted by Gasteiger charge is -2.26. The van der Waals surface area contributed by atoms with Crippen molar-refractivity contribution in [2.24, 2.45) is 5.73 Å². The standard InChI is InChI=1S/C17H18N2O5/c1-23-13-10-6-9-12(14(13)24-2)15(20)19-17(22,16(18)21)11-7-4-3-5-8-11/h3-10,22H,1-2H3,(H2,18,21)(H,19,20). The molecule has 2 amide bonds. The van der Waals surface area contributed by atoms with E-state index in [1.807, 2.05) is 0 Å². The minimum Gasteiger partial charge on any atom is -0.493 e. The fourth-order valence-electron chi connectivity index (χ4n) is 2.25. The fraction of sp³-hybridized carbons (Fsp3) is 0.176. The van der Waals surface area contributed by atoms with E-state index in [1.54, 1.807) is 30.3 Å². The molecular weight excluding hydrogens is 312 g/mol. The summed E-state index contributed by atoms with van der Waals surface area (Å²) in [5.74, 6) is -1.33. The number of ether oxygens (including phenoxy) is 2. The Hall–Kier alpha value is -3.06. The van der Waals surface area contributed by atoms with Crippen LogP contribution in [0.1, 0.15) is 15.9 Å². The van der Waals surface area contributed by atoms with Crippen molar-refractivity contribution in [3.8, 4) is 11.5 Å². The maximum Gasteiger partial charge on any atom is 0.275 e. The molecule has 4 N–H and O–H groups in total. The Morgan fingerprint density at radius 2 is 1.71 bits per heavy atom. The molecule has 0 radical (unpaired) electrons. The number of rotatable bonds is 6. The summed E-state index contributed by atoms with van der Waals surface area (Å²) in [5, 5.41) is 12.9. The van der Waals surface area contributed by atoms with Gasteiger partial charge in [0.25, 0.3) is 11.8 Å². The van der Waals surface area contributed by atoms with Crippen molar-refractivity contribution in [2.45, 2.75) is 5.72 Å². The quantitative estimate of drug-likeness (QED) is 0.677. The molecule has 2 aromatic carbocycles. The summed E-state index contributed by atoms with van der Waals surface area (Å²) in [6.45, 7) is 0. The van der Waals surface area contributed by atoms with Crippen molar-refractivity contribution in [3.05, 3.63) is 59.7 Å². The third-order valence-electron chi connectivity index (χ3n) is 3.49. The Kier molecular flexibility index (Phi) is 5.05. The average Bonchev–Trinajstić information content (AvgIpc) is 2.61. The van der Waals surface area contributed by atoms with Crippen LogP contribution in [0.5, 0.6) is 11.5 Å². The molecule has 1 atom stereocenters. The predicted octanol–water partition coefficient (Wildman–Crippen LogP) is 0.764. The number of benzene rings is 2. The van der Waals surface area contributed by atoms with Crippen LogP contribution in [0, 0.1) is 0 Å². The number of hydrogen-bond acceptors (Lipinski definition) is 5. The molecule has 0 heterocycles. The molecule has 0 spiro atoms. The lowest BCUT2D eigenvalue weighted by atomic mass is 10.0. The van der Waals surface area contributed by atoms with Gasteiger partial charge in [0.2, 0.25) is 5.72 Å². The first-order valence-corrected chi connectivity index (χ1v) is 7.05. The van der Waals surface area contributed by atoms with Gasteiger partial charge in [-0.05, 0) is 12.1 Å². The Bertz CT molecular complexity index is 748. The third-order valence-corrected chi connectivity index (χ3v) is 3.49. The first kappa shape index (κ1) is 17.3. The molecule has 0 aromatic heterocycles. The molecule has 0 aliphatic carbocycles. The van der Waals surface area contributed by atoms with E-state index >= 15 is 0 Å². The van der Waals surface area contributed by atoms with Crippen molar-refractivity contribution in [1.82, 2.24) is 5.32 Å². The van der Waals surface area contributed by atoms with Gasteiger partial charge in [-0.15, -0.1) is 0 Å². The second-order valence-electron chi connectivity index (χ2n) is 4.94. The molecule has 0 aliphatic rings. The summed E-state index contributed by atoms with van der Waals surface area (Å²) in [5.41, 5.74) is 3.18. The number of amides is 2. The molecular formula is C17H18N2O5. The summed E-state index contributed by atoms with van der Waals surface area (Å²) < 4.78 is 10.3. The Morgan fingerprint density at radius 1 is 1.04 bits per heavy atom. The Labute approximate surface area is 139 Å². The van der Waals surface area contributed by atoms with Crippen LogP contribution in [-0.2, 0) is 10.5 Å². The number of nitrogens with one attached hydrogen (secondary N) is 1. The van der Waals surface area contributed by atoms with E-state index < -0.39 is 17.5 Å². The highest BCUT2D eigenvalue weighted by Crippen LogP contribution is 2.31. The van der Waals surface area contributed by atoms with Gasteiger partial charge in [0.05, 0.1) is 19.8 Å². The molecule has 2 aromatic rings. The molecule has 0 aliphatic heterocycles. The van der Waals surface area contributed by atoms with Gasteiger partial charge in [0, 0.05) is 5.56 Å². The number of para-hydroxylation sites is 1. The largest absolute Gasteiger partial charge is 0.493 e. The van der Waals surface area contributed by atoms with E-state index in [4.69, 9.17) is 15.2 Å². The van der Waals surface area contributed by atoms with Gasteiger partial charge < -0.3 is 25.6 Å². The second-order valence-corrected chi connectivity index (χ2v) is 4.94. The summed E-state index contributed by atoms with van der Waals surface area (Å²) in [6.07, 6.45) is 0. The summed E-state index contributed by atoms with van der Waals surface area (Å²) in [7, 11) is 2.81. The molecule has 1 unspecified atom stereocenters. The molecule has 2 rings (SSSR count). The van der Waals surface area contributed by atoms with Crippen LogP contribution in [0.2, 0.25) is 0 Å². The first-order chi connectivity index (χ1) is 11.4. The molecule has 0 bridgehead atoms. The van der Waals surface area contributed by atoms with Crippen LogP contribution in [0.3, 0.4) is 0 Å². The van der Waals surface area contributed by atoms with Crippen molar-refractivity contribution in [2.75, 3.05) is 14.2 Å². The first-order valence-electron chi connectivity index (χ1n) is 7.05. The zero-order valence-corrected chi connectivity index (χ0v) is 13.3. The van der Waals surface area contributed by atoms with Gasteiger partial charge in [-0.25, -0.2) is 0 Å². The third kappa shape index (κ3) is 3.16. The van der Waals surface area contributed by atoms with Crippen molar-refractivity contribution in [3.63, 3.8) is 0 Å². The number of carbonyl (C=O) groups is 2. The topological polar surface area (TPSA) is 111 Å². The molecule has 0 saturated heterocycles. The highest BCUT2D eigenvalue weighted by atomic mass is 16.5. The lowest BCUT2D eigenvalue weighted by Crippen LogP contribution is -2.54. The molecule has 7 nitrogen and oxygen atoms in total. The number of methoxy groups -OCH3 is 2. The van der Waals surface area contributed by atoms with Gasteiger partial charge in [-0.2, -0.15) is 0 Å². The van der Waals surface area contributed by atoms with Gasteiger partial charge in [-0.1, -0.05) is 36.4 Å². The van der Waals surface area contributed by atoms with E-state index in [0.29, 0.717) is 5.75 Å². The van der Waals surface area contributed by atoms with Crippen molar-refractivity contribution in [1.29, 1.82) is 0 Å². The van der Waals surface area contributed by atoms with Crippen LogP contribution >= 0.6 is 0 Å². The highest BCUT2D eigenvalue weighted by molar-refractivity contribution is 6.01. The molecule has 7 heteroatoms. The summed E-state index contributed by atoms with van der Waals surface area (Å²) in [4.78, 5) is 24.3. The highest BCUT2D eigenvalue weighted by Gasteiger charge is 2.38. The van der Waals surface area contributed by atoms with Gasteiger partial charge in [0.15, 0.2) is 11.5 Å². The summed E-state index contributed by atoms with van der Waals surface area (Å²) in [6, 6.07) is 12.6. The maximum absolute atomic E-state index is 12.6. The van der Waals surface area contributed by atoms with E-state index in [1.165, 1.54) is 32.4 Å². The molecule has 0 fully saturated rings. The van der Waals surface area contributed by atoms with Crippen LogP contribution in [0.4, 0.5) is 0 Å². The van der Waals surface area contributed by atoms with Crippen LogP contribution in [-0.4, -0.2) is 31.1 Å². The Balaban J connectivity index is 2.42. The van der Waals surface area contributed by atoms with Gasteiger partial charge in [0.1, 0.15) is 0 Å². The minimum absolute atomic E-state index is 0.0902. The average molecular weight is 330 g/mol. The SMILES string of the molecule is COc1cccc(C(=O)NC(O)(C(N)=O)c2ccccc2)c1OC. The lowest BCUT2D eigenvalue weighted by molar-refractivity contribution is -0.139. The number of aliphatic hydroxyl groups is 1. The van der Waals surface area contributed by atoms with Crippen molar-refractivity contribution >= 4 is 11.8 Å². The fourth-order valence-corrected chi connectivity index (χ4v) is 2.25. The van der Waals surface area contributed by atoms with Crippen LogP contribution in [0.15, 0.2) is 48.5 Å². The zero-order valence-electron chi connectivity index (χ0n) is 13.3. The monoisotopic (exact) mass is 330 g/mol. The zero-order chi connectivity index (χ0) is 17.7. The van der Waals surface area contributed by atoms with E-state index in [9.17, 15) is 14.7 Å². The maximum atomic E-state index is 12.6. The number of hydrogen-bond donors (Lipinski definition) is 3. The van der Waals surface area contributed by atoms with Gasteiger partial charge >= 0.3 is 0 Å². The van der Waals surface area contributed by atoms with Crippen LogP contribution in [0.25, 0.3) is 0 Å². The number of primary amides is 1. The van der Waals surface area contributed by atoms with Crippen LogP contribution < -0.4 is 20.5 Å². The molecule has 0 saturated carbocycles. The number of nitrogens with two attached hydrogens (primary N) is 1. The smallest absolute Gasteiger partial charge is 0.275 e. The Morgan fingerprint density at radius 3 is 2.25 bits per heavy atom. The summed E-state index contributed by atoms with van der Waals surface area (Å²) >= 11 is 0. The molecule has 24 heavy (non-hydrogen) atoms. The van der Waals surface area contributed by atoms with Gasteiger partial charge in [-0.3, -0.25) is 9.59 Å². The van der Waals surface area contributed by atoms with E-state index in [2.05, 4.69) is 5.32 Å². The minimum atomic E-state index is -2.35. The predicted molar refractivity (Wildman–Crippen MR) is 86.5 cm³/mol. The second kappa shape index (κ2) is 7.01. The normalized spacial score (nSPS) is 12.8.